The summed E-state index contributed by atoms with van der Waals surface area (Å²) in [6, 6.07) is 126. The molecular weight excluding hydrogens is 1060 g/mol. The maximum Gasteiger partial charge on any atom is 0.0535 e. The zero-order valence-electron chi connectivity index (χ0n) is 48.2. The summed E-state index contributed by atoms with van der Waals surface area (Å²) in [5.41, 5.74) is 20.7. The Morgan fingerprint density at radius 2 is 0.409 bits per heavy atom. The second-order valence-corrected chi connectivity index (χ2v) is 23.2. The largest absolute Gasteiger partial charge is 0.309 e. The van der Waals surface area contributed by atoms with Gasteiger partial charge in [-0.2, -0.15) is 0 Å². The Labute approximate surface area is 511 Å². The molecule has 0 aliphatic carbocycles. The lowest BCUT2D eigenvalue weighted by atomic mass is 9.89. The second kappa shape index (κ2) is 21.2. The Bertz CT molecular complexity index is 5040. The first-order valence-electron chi connectivity index (χ1n) is 30.4. The van der Waals surface area contributed by atoms with Gasteiger partial charge >= 0.3 is 0 Å². The molecule has 0 N–H and O–H groups in total. The fourth-order valence-corrected chi connectivity index (χ4v) is 13.9. The van der Waals surface area contributed by atoms with Crippen molar-refractivity contribution < 1.29 is 0 Å². The quantitative estimate of drug-likeness (QED) is 0.0954. The molecule has 0 radical (unpaired) electrons. The van der Waals surface area contributed by atoms with Gasteiger partial charge in [-0.3, -0.25) is 0 Å². The van der Waals surface area contributed by atoms with Crippen molar-refractivity contribution in [3.8, 4) is 101 Å². The van der Waals surface area contributed by atoms with Crippen LogP contribution in [-0.2, 0) is 0 Å². The number of nitrogens with zero attached hydrogens (tertiary/aromatic N) is 2. The van der Waals surface area contributed by atoms with E-state index in [1.54, 1.807) is 0 Å². The summed E-state index contributed by atoms with van der Waals surface area (Å²) in [6.07, 6.45) is 0. The SMILES string of the molecule is c1ccc(-c2ccc(-c3ccccc3)n2-c2cc(-c3ccc(-c4cc5ccccc5c5ccccc45)cc3)c3cc4cc(-n5c(-c6ccccc6)ccc5-c5ccccc5)cc(-c5ccc(-c6cc7ccccc7c7ccccc67)cc5)c4cc3c2)cc1. The molecule has 0 fully saturated rings. The van der Waals surface area contributed by atoms with Crippen molar-refractivity contribution in [3.05, 3.63) is 340 Å². The van der Waals surface area contributed by atoms with Gasteiger partial charge in [0, 0.05) is 11.4 Å². The molecule has 0 saturated carbocycles. The molecular formula is C86H56N2. The van der Waals surface area contributed by atoms with Gasteiger partial charge in [-0.05, 0) is 204 Å². The molecule has 2 heterocycles. The Hall–Kier alpha value is -11.6. The maximum atomic E-state index is 2.47. The molecule has 0 bridgehead atoms. The first-order chi connectivity index (χ1) is 43.6. The van der Waals surface area contributed by atoms with E-state index in [0.29, 0.717) is 0 Å². The summed E-state index contributed by atoms with van der Waals surface area (Å²) in [5, 5.41) is 14.7. The second-order valence-electron chi connectivity index (χ2n) is 23.2. The van der Waals surface area contributed by atoms with Crippen LogP contribution in [0.4, 0.5) is 0 Å². The van der Waals surface area contributed by atoms with E-state index < -0.39 is 0 Å². The fraction of sp³-hybridized carbons (Fsp3) is 0. The molecule has 88 heavy (non-hydrogen) atoms. The summed E-state index contributed by atoms with van der Waals surface area (Å²) >= 11 is 0. The fourth-order valence-electron chi connectivity index (χ4n) is 13.9. The average Bonchev–Trinajstić information content (AvgIpc) is 1.96. The van der Waals surface area contributed by atoms with Crippen molar-refractivity contribution in [1.82, 2.24) is 9.13 Å². The zero-order valence-corrected chi connectivity index (χ0v) is 48.2. The highest BCUT2D eigenvalue weighted by atomic mass is 15.0. The maximum absolute atomic E-state index is 2.47. The predicted octanol–water partition coefficient (Wildman–Crippen LogP) is 23.5. The van der Waals surface area contributed by atoms with E-state index in [-0.39, 0.29) is 0 Å². The topological polar surface area (TPSA) is 9.86 Å². The molecule has 0 unspecified atom stereocenters. The molecule has 0 aliphatic rings. The third kappa shape index (κ3) is 8.73. The van der Waals surface area contributed by atoms with Crippen molar-refractivity contribution in [2.24, 2.45) is 0 Å². The van der Waals surface area contributed by atoms with Crippen molar-refractivity contribution in [2.75, 3.05) is 0 Å². The van der Waals surface area contributed by atoms with E-state index in [1.807, 2.05) is 0 Å². The van der Waals surface area contributed by atoms with E-state index in [9.17, 15) is 0 Å². The number of aromatic nitrogens is 2. The van der Waals surface area contributed by atoms with E-state index in [2.05, 4.69) is 349 Å². The minimum atomic E-state index is 1.09. The van der Waals surface area contributed by atoms with Crippen molar-refractivity contribution in [2.45, 2.75) is 0 Å². The first-order valence-corrected chi connectivity index (χ1v) is 30.4. The number of hydrogen-bond donors (Lipinski definition) is 0. The van der Waals surface area contributed by atoms with Crippen LogP contribution < -0.4 is 0 Å². The lowest BCUT2D eigenvalue weighted by molar-refractivity contribution is 1.10. The number of hydrogen-bond acceptors (Lipinski definition) is 0. The van der Waals surface area contributed by atoms with Crippen molar-refractivity contribution in [1.29, 1.82) is 0 Å². The van der Waals surface area contributed by atoms with Gasteiger partial charge in [0.25, 0.3) is 0 Å². The lowest BCUT2D eigenvalue weighted by Gasteiger charge is -2.20. The average molecular weight is 1120 g/mol. The number of rotatable bonds is 10. The van der Waals surface area contributed by atoms with Crippen molar-refractivity contribution in [3.63, 3.8) is 0 Å². The molecule has 0 saturated heterocycles. The first kappa shape index (κ1) is 50.9. The molecule has 410 valence electrons. The highest BCUT2D eigenvalue weighted by molar-refractivity contribution is 6.16. The van der Waals surface area contributed by atoms with Crippen LogP contribution in [0.3, 0.4) is 0 Å². The third-order valence-corrected chi connectivity index (χ3v) is 18.1. The minimum Gasteiger partial charge on any atom is -0.309 e. The van der Waals surface area contributed by atoms with Gasteiger partial charge in [-0.15, -0.1) is 0 Å². The molecule has 0 spiro atoms. The van der Waals surface area contributed by atoms with Gasteiger partial charge in [0.05, 0.1) is 22.8 Å². The van der Waals surface area contributed by atoms with Gasteiger partial charge in [0.15, 0.2) is 0 Å². The van der Waals surface area contributed by atoms with Gasteiger partial charge in [-0.1, -0.05) is 267 Å². The number of benzene rings is 15. The van der Waals surface area contributed by atoms with Crippen LogP contribution in [0.15, 0.2) is 340 Å². The van der Waals surface area contributed by atoms with Gasteiger partial charge < -0.3 is 9.13 Å². The van der Waals surface area contributed by atoms with Crippen LogP contribution in [0.1, 0.15) is 0 Å². The van der Waals surface area contributed by atoms with E-state index in [1.165, 1.54) is 76.1 Å². The van der Waals surface area contributed by atoms with Crippen LogP contribution in [-0.4, -0.2) is 9.13 Å². The smallest absolute Gasteiger partial charge is 0.0535 e. The van der Waals surface area contributed by atoms with E-state index in [0.717, 1.165) is 89.4 Å². The molecule has 2 nitrogen and oxygen atoms in total. The molecule has 0 amide bonds. The van der Waals surface area contributed by atoms with Crippen LogP contribution in [0, 0.1) is 0 Å². The summed E-state index contributed by atoms with van der Waals surface area (Å²) in [4.78, 5) is 0. The molecule has 17 rings (SSSR count). The monoisotopic (exact) mass is 1120 g/mol. The Kier molecular flexibility index (Phi) is 12.3. The summed E-state index contributed by atoms with van der Waals surface area (Å²) in [5.74, 6) is 0. The lowest BCUT2D eigenvalue weighted by Crippen LogP contribution is -2.01. The predicted molar refractivity (Wildman–Crippen MR) is 374 cm³/mol. The number of fused-ring (bicyclic) bond motifs is 8. The minimum absolute atomic E-state index is 1.09. The summed E-state index contributed by atoms with van der Waals surface area (Å²) < 4.78 is 4.93. The molecule has 0 aliphatic heterocycles. The van der Waals surface area contributed by atoms with Gasteiger partial charge in [0.2, 0.25) is 0 Å². The van der Waals surface area contributed by atoms with Crippen LogP contribution >= 0.6 is 0 Å². The Morgan fingerprint density at radius 3 is 0.727 bits per heavy atom. The third-order valence-electron chi connectivity index (χ3n) is 18.1. The summed E-state index contributed by atoms with van der Waals surface area (Å²) in [7, 11) is 0. The molecule has 17 aromatic rings. The molecule has 0 atom stereocenters. The standard InChI is InChI=1S/C86H56N2/c1-5-21-61(22-6-1)83-45-46-84(62-23-7-2-8-24-62)87(83)69-49-67-53-80-68(54-79(67)81(55-69)59-41-37-57(38-42-59)77-51-65-29-13-15-31-71(65)73-33-17-19-35-75(73)77)50-70(88-85(63-25-9-3-10-26-63)47-48-86(88)64-27-11-4-12-28-64)56-82(80)60-43-39-58(40-44-60)78-52-66-30-14-16-32-72(66)74-34-18-20-36-76(74)78/h1-56H. The Morgan fingerprint density at radius 1 is 0.148 bits per heavy atom. The van der Waals surface area contributed by atoms with E-state index >= 15 is 0 Å². The van der Waals surface area contributed by atoms with Crippen LogP contribution in [0.2, 0.25) is 0 Å². The molecule has 15 aromatic carbocycles. The molecule has 2 heteroatoms. The van der Waals surface area contributed by atoms with Crippen molar-refractivity contribution >= 4 is 64.6 Å². The molecule has 2 aromatic heterocycles. The van der Waals surface area contributed by atoms with Crippen LogP contribution in [0.5, 0.6) is 0 Å². The zero-order chi connectivity index (χ0) is 58.1. The normalized spacial score (nSPS) is 11.6. The highest BCUT2D eigenvalue weighted by Crippen LogP contribution is 2.45. The van der Waals surface area contributed by atoms with Gasteiger partial charge in [-0.25, -0.2) is 0 Å². The van der Waals surface area contributed by atoms with E-state index in [4.69, 9.17) is 0 Å². The highest BCUT2D eigenvalue weighted by Gasteiger charge is 2.22. The van der Waals surface area contributed by atoms with Gasteiger partial charge in [0.1, 0.15) is 0 Å². The van der Waals surface area contributed by atoms with Crippen LogP contribution in [0.25, 0.3) is 166 Å². The Balaban J connectivity index is 0.928. The summed E-state index contributed by atoms with van der Waals surface area (Å²) in [6.45, 7) is 0.